The van der Waals surface area contributed by atoms with Crippen molar-refractivity contribution in [2.24, 2.45) is 0 Å². The molecule has 1 aliphatic heterocycles. The Balaban J connectivity index is 1.65. The van der Waals surface area contributed by atoms with Gasteiger partial charge in [-0.05, 0) is 42.3 Å². The van der Waals surface area contributed by atoms with Gasteiger partial charge in [0.2, 0.25) is 0 Å². The number of fused-ring (bicyclic) bond motifs is 1. The topological polar surface area (TPSA) is 76.1 Å². The predicted molar refractivity (Wildman–Crippen MR) is 126 cm³/mol. The SMILES string of the molecule is COc1ccc(C(=O)C[C@@]2(O)C(=O)N(CCc3ccccc3)c3ccc(Cl)cc32)c(OC)c1. The minimum atomic E-state index is -2.03. The third-order valence-electron chi connectivity index (χ3n) is 5.89. The number of nitrogens with zero attached hydrogens (tertiary/aromatic N) is 1. The maximum atomic E-state index is 13.5. The lowest BCUT2D eigenvalue weighted by Gasteiger charge is -2.23. The van der Waals surface area contributed by atoms with Crippen molar-refractivity contribution >= 4 is 29.0 Å². The van der Waals surface area contributed by atoms with Crippen LogP contribution in [0.2, 0.25) is 5.02 Å². The molecule has 1 atom stereocenters. The fourth-order valence-corrected chi connectivity index (χ4v) is 4.33. The molecular weight excluding hydrogens is 442 g/mol. The Hall–Kier alpha value is -3.35. The number of carbonyl (C=O) groups excluding carboxylic acids is 2. The summed E-state index contributed by atoms with van der Waals surface area (Å²) in [5.74, 6) is -0.137. The summed E-state index contributed by atoms with van der Waals surface area (Å²) in [7, 11) is 2.96. The third kappa shape index (κ3) is 4.32. The Kier molecular flexibility index (Phi) is 6.40. The van der Waals surface area contributed by atoms with Crippen molar-refractivity contribution in [1.82, 2.24) is 0 Å². The molecule has 0 aliphatic carbocycles. The van der Waals surface area contributed by atoms with Crippen LogP contribution in [0.5, 0.6) is 11.5 Å². The molecular formula is C26H24ClNO5. The van der Waals surface area contributed by atoms with Gasteiger partial charge < -0.3 is 19.5 Å². The normalized spacial score (nSPS) is 17.1. The minimum absolute atomic E-state index is 0.255. The summed E-state index contributed by atoms with van der Waals surface area (Å²) < 4.78 is 10.5. The Labute approximate surface area is 197 Å². The van der Waals surface area contributed by atoms with Gasteiger partial charge in [0.25, 0.3) is 5.91 Å². The number of hydrogen-bond acceptors (Lipinski definition) is 5. The zero-order valence-electron chi connectivity index (χ0n) is 18.4. The van der Waals surface area contributed by atoms with E-state index < -0.39 is 23.7 Å². The van der Waals surface area contributed by atoms with Gasteiger partial charge >= 0.3 is 0 Å². The lowest BCUT2D eigenvalue weighted by atomic mass is 9.88. The van der Waals surface area contributed by atoms with Crippen molar-refractivity contribution in [3.05, 3.63) is 88.4 Å². The molecule has 0 fully saturated rings. The van der Waals surface area contributed by atoms with Gasteiger partial charge in [-0.15, -0.1) is 0 Å². The summed E-state index contributed by atoms with van der Waals surface area (Å²) >= 11 is 6.19. The molecule has 170 valence electrons. The Morgan fingerprint density at radius 1 is 1.03 bits per heavy atom. The van der Waals surface area contributed by atoms with Crippen LogP contribution in [0.15, 0.2) is 66.7 Å². The van der Waals surface area contributed by atoms with Crippen LogP contribution in [0.3, 0.4) is 0 Å². The summed E-state index contributed by atoms with van der Waals surface area (Å²) in [6.45, 7) is 0.361. The maximum Gasteiger partial charge on any atom is 0.264 e. The van der Waals surface area contributed by atoms with E-state index >= 15 is 0 Å². The zero-order chi connectivity index (χ0) is 23.6. The van der Waals surface area contributed by atoms with E-state index in [0.717, 1.165) is 5.56 Å². The average Bonchev–Trinajstić information content (AvgIpc) is 3.03. The van der Waals surface area contributed by atoms with Gasteiger partial charge in [0.05, 0.1) is 31.9 Å². The molecule has 0 bridgehead atoms. The first kappa shape index (κ1) is 22.8. The zero-order valence-corrected chi connectivity index (χ0v) is 19.1. The van der Waals surface area contributed by atoms with Crippen molar-refractivity contribution in [2.75, 3.05) is 25.7 Å². The second-order valence-electron chi connectivity index (χ2n) is 7.88. The van der Waals surface area contributed by atoms with Gasteiger partial charge in [0.1, 0.15) is 11.5 Å². The molecule has 0 radical (unpaired) electrons. The van der Waals surface area contributed by atoms with E-state index in [0.29, 0.717) is 40.7 Å². The Bertz CT molecular complexity index is 1200. The second kappa shape index (κ2) is 9.25. The van der Waals surface area contributed by atoms with Crippen molar-refractivity contribution < 1.29 is 24.2 Å². The van der Waals surface area contributed by atoms with Crippen LogP contribution in [0.4, 0.5) is 5.69 Å². The van der Waals surface area contributed by atoms with Crippen molar-refractivity contribution in [3.63, 3.8) is 0 Å². The number of ketones is 1. The van der Waals surface area contributed by atoms with E-state index in [1.54, 1.807) is 36.4 Å². The van der Waals surface area contributed by atoms with Crippen LogP contribution >= 0.6 is 11.6 Å². The smallest absolute Gasteiger partial charge is 0.264 e. The summed E-state index contributed by atoms with van der Waals surface area (Å²) in [5, 5.41) is 11.9. The molecule has 0 saturated heterocycles. The van der Waals surface area contributed by atoms with Crippen LogP contribution in [-0.4, -0.2) is 37.6 Å². The summed E-state index contributed by atoms with van der Waals surface area (Å²) in [6.07, 6.45) is 0.161. The molecule has 4 rings (SSSR count). The summed E-state index contributed by atoms with van der Waals surface area (Å²) in [4.78, 5) is 28.2. The average molecular weight is 466 g/mol. The number of carbonyl (C=O) groups is 2. The maximum absolute atomic E-state index is 13.5. The monoisotopic (exact) mass is 465 g/mol. The number of Topliss-reactive ketones (excluding diaryl/α,β-unsaturated/α-hetero) is 1. The van der Waals surface area contributed by atoms with Gasteiger partial charge in [-0.2, -0.15) is 0 Å². The minimum Gasteiger partial charge on any atom is -0.497 e. The highest BCUT2D eigenvalue weighted by Gasteiger charge is 2.51. The molecule has 1 aliphatic rings. The molecule has 6 nitrogen and oxygen atoms in total. The first-order chi connectivity index (χ1) is 15.9. The van der Waals surface area contributed by atoms with E-state index in [1.165, 1.54) is 19.1 Å². The number of anilines is 1. The highest BCUT2D eigenvalue weighted by Crippen LogP contribution is 2.44. The number of amides is 1. The van der Waals surface area contributed by atoms with Crippen LogP contribution in [0, 0.1) is 0 Å². The number of methoxy groups -OCH3 is 2. The molecule has 1 N–H and O–H groups in total. The van der Waals surface area contributed by atoms with Crippen molar-refractivity contribution in [1.29, 1.82) is 0 Å². The quantitative estimate of drug-likeness (QED) is 0.499. The van der Waals surface area contributed by atoms with Crippen LogP contribution in [0.1, 0.15) is 27.9 Å². The first-order valence-electron chi connectivity index (χ1n) is 10.5. The van der Waals surface area contributed by atoms with Gasteiger partial charge in [-0.3, -0.25) is 9.59 Å². The molecule has 33 heavy (non-hydrogen) atoms. The highest BCUT2D eigenvalue weighted by molar-refractivity contribution is 6.31. The number of halogens is 1. The van der Waals surface area contributed by atoms with Crippen LogP contribution in [0.25, 0.3) is 0 Å². The molecule has 3 aromatic carbocycles. The Morgan fingerprint density at radius 2 is 1.79 bits per heavy atom. The first-order valence-corrected chi connectivity index (χ1v) is 10.9. The van der Waals surface area contributed by atoms with Crippen LogP contribution in [-0.2, 0) is 16.8 Å². The fraction of sp³-hybridized carbons (Fsp3) is 0.231. The molecule has 1 heterocycles. The summed E-state index contributed by atoms with van der Waals surface area (Å²) in [5.41, 5.74) is 0.172. The number of benzene rings is 3. The molecule has 7 heteroatoms. The van der Waals surface area contributed by atoms with E-state index in [2.05, 4.69) is 0 Å². The lowest BCUT2D eigenvalue weighted by Crippen LogP contribution is -2.42. The van der Waals surface area contributed by atoms with E-state index in [9.17, 15) is 14.7 Å². The number of rotatable bonds is 8. The van der Waals surface area contributed by atoms with Crippen LogP contribution < -0.4 is 14.4 Å². The largest absolute Gasteiger partial charge is 0.497 e. The lowest BCUT2D eigenvalue weighted by molar-refractivity contribution is -0.135. The number of ether oxygens (including phenoxy) is 2. The third-order valence-corrected chi connectivity index (χ3v) is 6.12. The van der Waals surface area contributed by atoms with E-state index in [-0.39, 0.29) is 5.56 Å². The van der Waals surface area contributed by atoms with Crippen molar-refractivity contribution in [2.45, 2.75) is 18.4 Å². The number of hydrogen-bond donors (Lipinski definition) is 1. The summed E-state index contributed by atoms with van der Waals surface area (Å²) in [6, 6.07) is 19.5. The Morgan fingerprint density at radius 3 is 2.48 bits per heavy atom. The fourth-order valence-electron chi connectivity index (χ4n) is 4.16. The van der Waals surface area contributed by atoms with Gasteiger partial charge in [-0.1, -0.05) is 41.9 Å². The highest BCUT2D eigenvalue weighted by atomic mass is 35.5. The molecule has 0 spiro atoms. The number of aliphatic hydroxyl groups is 1. The standard InChI is InChI=1S/C26H24ClNO5/c1-32-19-9-10-20(24(15-19)33-2)23(29)16-26(31)21-14-18(27)8-11-22(21)28(25(26)30)13-12-17-6-4-3-5-7-17/h3-11,14-15,31H,12-13,16H2,1-2H3/t26-/m0/s1. The van der Waals surface area contributed by atoms with Gasteiger partial charge in [0.15, 0.2) is 11.4 Å². The molecule has 0 unspecified atom stereocenters. The second-order valence-corrected chi connectivity index (χ2v) is 8.32. The van der Waals surface area contributed by atoms with Gasteiger partial charge in [-0.25, -0.2) is 0 Å². The van der Waals surface area contributed by atoms with E-state index in [1.807, 2.05) is 30.3 Å². The predicted octanol–water partition coefficient (Wildman–Crippen LogP) is 4.41. The van der Waals surface area contributed by atoms with Gasteiger partial charge in [0, 0.05) is 23.2 Å². The molecule has 1 amide bonds. The molecule has 0 saturated carbocycles. The molecule has 3 aromatic rings. The molecule has 0 aromatic heterocycles. The van der Waals surface area contributed by atoms with Crippen molar-refractivity contribution in [3.8, 4) is 11.5 Å². The van der Waals surface area contributed by atoms with E-state index in [4.69, 9.17) is 21.1 Å².